The van der Waals surface area contributed by atoms with E-state index in [0.29, 0.717) is 11.4 Å². The van der Waals surface area contributed by atoms with E-state index in [-0.39, 0.29) is 6.61 Å². The van der Waals surface area contributed by atoms with Gasteiger partial charge >= 0.3 is 0 Å². The molecule has 0 amide bonds. The zero-order valence-corrected chi connectivity index (χ0v) is 13.1. The number of hydrogen-bond acceptors (Lipinski definition) is 5. The molecule has 0 spiro atoms. The molecule has 23 heavy (non-hydrogen) atoms. The Kier molecular flexibility index (Phi) is 3.61. The molecule has 0 aliphatic rings. The Morgan fingerprint density at radius 3 is 2.61 bits per heavy atom. The lowest BCUT2D eigenvalue weighted by atomic mass is 10.2. The third kappa shape index (κ3) is 2.62. The normalized spacial score (nSPS) is 11.2. The molecule has 5 nitrogen and oxygen atoms in total. The summed E-state index contributed by atoms with van der Waals surface area (Å²) in [6, 6.07) is 15.9. The summed E-state index contributed by atoms with van der Waals surface area (Å²) in [5.41, 5.74) is 3.33. The highest BCUT2D eigenvalue weighted by Gasteiger charge is 2.18. The summed E-state index contributed by atoms with van der Waals surface area (Å²) in [7, 11) is 0. The zero-order chi connectivity index (χ0) is 15.6. The van der Waals surface area contributed by atoms with Crippen LogP contribution in [0.3, 0.4) is 0 Å². The number of nitrogens with zero attached hydrogens (tertiary/aromatic N) is 4. The van der Waals surface area contributed by atoms with Gasteiger partial charge in [-0.1, -0.05) is 47.7 Å². The molecule has 1 aromatic carbocycles. The van der Waals surface area contributed by atoms with Crippen LogP contribution < -0.4 is 0 Å². The van der Waals surface area contributed by atoms with Crippen molar-refractivity contribution >= 4 is 16.3 Å². The Bertz CT molecular complexity index is 931. The maximum Gasteiger partial charge on any atom is 0.213 e. The fourth-order valence-electron chi connectivity index (χ4n) is 2.52. The van der Waals surface area contributed by atoms with Gasteiger partial charge in [-0.15, -0.1) is 0 Å². The van der Waals surface area contributed by atoms with Crippen LogP contribution in [0, 0.1) is 0 Å². The van der Waals surface area contributed by atoms with Crippen molar-refractivity contribution in [1.82, 2.24) is 19.6 Å². The zero-order valence-electron chi connectivity index (χ0n) is 12.3. The number of aliphatic hydroxyl groups excluding tert-OH is 1. The van der Waals surface area contributed by atoms with Crippen molar-refractivity contribution in [3.63, 3.8) is 0 Å². The fraction of sp³-hybridized carbons (Fsp3) is 0.118. The molecular formula is C17H14N4OS. The highest BCUT2D eigenvalue weighted by Crippen LogP contribution is 2.26. The van der Waals surface area contributed by atoms with E-state index in [9.17, 15) is 5.11 Å². The summed E-state index contributed by atoms with van der Waals surface area (Å²) in [6.45, 7) is -0.123. The lowest BCUT2D eigenvalue weighted by molar-refractivity contribution is 0.275. The number of imidazole rings is 1. The summed E-state index contributed by atoms with van der Waals surface area (Å²) in [4.78, 5) is 9.70. The molecule has 3 aromatic heterocycles. The van der Waals surface area contributed by atoms with Crippen molar-refractivity contribution in [2.24, 2.45) is 0 Å². The molecule has 0 unspecified atom stereocenters. The minimum atomic E-state index is -0.123. The second-order valence-corrected chi connectivity index (χ2v) is 6.17. The monoisotopic (exact) mass is 322 g/mol. The Morgan fingerprint density at radius 2 is 1.87 bits per heavy atom. The maximum absolute atomic E-state index is 9.74. The molecule has 0 radical (unpaired) electrons. The first-order chi connectivity index (χ1) is 11.3. The minimum Gasteiger partial charge on any atom is -0.390 e. The highest BCUT2D eigenvalue weighted by atomic mass is 32.1. The standard InChI is InChI=1S/C17H14N4OS/c22-11-14-16(13-8-4-5-9-18-13)19-17-21(14)20-15(23-17)10-12-6-2-1-3-7-12/h1-9,22H,10-11H2. The molecule has 4 rings (SSSR count). The summed E-state index contributed by atoms with van der Waals surface area (Å²) in [5.74, 6) is 0. The van der Waals surface area contributed by atoms with Crippen molar-refractivity contribution in [2.45, 2.75) is 13.0 Å². The number of hydrogen-bond donors (Lipinski definition) is 1. The fourth-order valence-corrected chi connectivity index (χ4v) is 3.47. The van der Waals surface area contributed by atoms with Crippen molar-refractivity contribution in [3.8, 4) is 11.4 Å². The number of pyridine rings is 1. The lowest BCUT2D eigenvalue weighted by Gasteiger charge is -1.99. The predicted molar refractivity (Wildman–Crippen MR) is 89.3 cm³/mol. The summed E-state index contributed by atoms with van der Waals surface area (Å²) >= 11 is 1.54. The topological polar surface area (TPSA) is 63.3 Å². The van der Waals surface area contributed by atoms with Gasteiger partial charge < -0.3 is 5.11 Å². The first kappa shape index (κ1) is 14.0. The lowest BCUT2D eigenvalue weighted by Crippen LogP contribution is -1.97. The van der Waals surface area contributed by atoms with E-state index in [2.05, 4.69) is 27.2 Å². The third-order valence-corrected chi connectivity index (χ3v) is 4.50. The molecule has 114 valence electrons. The molecule has 4 aromatic rings. The second kappa shape index (κ2) is 5.91. The molecule has 0 saturated heterocycles. The smallest absolute Gasteiger partial charge is 0.213 e. The average Bonchev–Trinajstić information content (AvgIpc) is 3.13. The van der Waals surface area contributed by atoms with Crippen LogP contribution in [0.5, 0.6) is 0 Å². The van der Waals surface area contributed by atoms with Crippen molar-refractivity contribution in [2.75, 3.05) is 0 Å². The average molecular weight is 322 g/mol. The molecule has 3 heterocycles. The van der Waals surface area contributed by atoms with Gasteiger partial charge in [0, 0.05) is 12.6 Å². The first-order valence-corrected chi connectivity index (χ1v) is 8.10. The van der Waals surface area contributed by atoms with Gasteiger partial charge in [0.25, 0.3) is 0 Å². The number of rotatable bonds is 4. The maximum atomic E-state index is 9.74. The summed E-state index contributed by atoms with van der Waals surface area (Å²) < 4.78 is 1.73. The SMILES string of the molecule is OCc1c(-c2ccccn2)nc2sc(Cc3ccccc3)nn12. The first-order valence-electron chi connectivity index (χ1n) is 7.28. The Morgan fingerprint density at radius 1 is 1.04 bits per heavy atom. The van der Waals surface area contributed by atoms with Crippen LogP contribution in [0.2, 0.25) is 0 Å². The van der Waals surface area contributed by atoms with Crippen LogP contribution in [0.25, 0.3) is 16.3 Å². The van der Waals surface area contributed by atoms with Gasteiger partial charge in [0.1, 0.15) is 10.7 Å². The van der Waals surface area contributed by atoms with Crippen molar-refractivity contribution in [1.29, 1.82) is 0 Å². The number of fused-ring (bicyclic) bond motifs is 1. The quantitative estimate of drug-likeness (QED) is 0.627. The number of aliphatic hydroxyl groups is 1. The van der Waals surface area contributed by atoms with Gasteiger partial charge in [-0.05, 0) is 17.7 Å². The van der Waals surface area contributed by atoms with E-state index in [0.717, 1.165) is 22.1 Å². The van der Waals surface area contributed by atoms with E-state index in [1.165, 1.54) is 16.9 Å². The molecule has 0 fully saturated rings. The van der Waals surface area contributed by atoms with Crippen LogP contribution in [0.15, 0.2) is 54.7 Å². The van der Waals surface area contributed by atoms with Crippen LogP contribution >= 0.6 is 11.3 Å². The van der Waals surface area contributed by atoms with Crippen LogP contribution in [0.1, 0.15) is 16.3 Å². The van der Waals surface area contributed by atoms with Gasteiger partial charge in [-0.25, -0.2) is 9.50 Å². The van der Waals surface area contributed by atoms with Crippen LogP contribution in [-0.4, -0.2) is 24.7 Å². The summed E-state index contributed by atoms with van der Waals surface area (Å²) in [5, 5.41) is 15.3. The highest BCUT2D eigenvalue weighted by molar-refractivity contribution is 7.16. The van der Waals surface area contributed by atoms with Crippen molar-refractivity contribution in [3.05, 3.63) is 71.0 Å². The van der Waals surface area contributed by atoms with E-state index >= 15 is 0 Å². The van der Waals surface area contributed by atoms with E-state index in [4.69, 9.17) is 0 Å². The van der Waals surface area contributed by atoms with Crippen LogP contribution in [0.4, 0.5) is 0 Å². The third-order valence-electron chi connectivity index (χ3n) is 3.59. The van der Waals surface area contributed by atoms with E-state index in [1.807, 2.05) is 36.4 Å². The van der Waals surface area contributed by atoms with E-state index in [1.54, 1.807) is 10.7 Å². The molecule has 1 N–H and O–H groups in total. The molecule has 0 atom stereocenters. The van der Waals surface area contributed by atoms with Gasteiger partial charge in [0.2, 0.25) is 4.96 Å². The number of aromatic nitrogens is 4. The minimum absolute atomic E-state index is 0.123. The molecule has 0 bridgehead atoms. The summed E-state index contributed by atoms with van der Waals surface area (Å²) in [6.07, 6.45) is 2.48. The number of benzene rings is 1. The Hall–Kier alpha value is -2.57. The molecule has 0 saturated carbocycles. The van der Waals surface area contributed by atoms with Gasteiger partial charge in [-0.2, -0.15) is 5.10 Å². The van der Waals surface area contributed by atoms with Crippen LogP contribution in [-0.2, 0) is 13.0 Å². The molecule has 6 heteroatoms. The molecular weight excluding hydrogens is 308 g/mol. The predicted octanol–water partition coefficient (Wildman–Crippen LogP) is 2.94. The molecule has 0 aliphatic carbocycles. The van der Waals surface area contributed by atoms with Gasteiger partial charge in [0.05, 0.1) is 18.0 Å². The van der Waals surface area contributed by atoms with Crippen molar-refractivity contribution < 1.29 is 5.11 Å². The Labute approximate surface area is 136 Å². The Balaban J connectivity index is 1.75. The molecule has 0 aliphatic heterocycles. The largest absolute Gasteiger partial charge is 0.390 e. The van der Waals surface area contributed by atoms with Gasteiger partial charge in [-0.3, -0.25) is 4.98 Å². The second-order valence-electron chi connectivity index (χ2n) is 5.13. The van der Waals surface area contributed by atoms with E-state index < -0.39 is 0 Å². The van der Waals surface area contributed by atoms with Gasteiger partial charge in [0.15, 0.2) is 0 Å².